The van der Waals surface area contributed by atoms with Gasteiger partial charge in [0, 0.05) is 16.7 Å². The van der Waals surface area contributed by atoms with Gasteiger partial charge in [-0.15, -0.1) is 0 Å². The molecule has 0 bridgehead atoms. The quantitative estimate of drug-likeness (QED) is 0.556. The van der Waals surface area contributed by atoms with Gasteiger partial charge in [0.05, 0.1) is 11.9 Å². The number of phenols is 1. The van der Waals surface area contributed by atoms with Crippen LogP contribution in [0, 0.1) is 13.8 Å². The van der Waals surface area contributed by atoms with Gasteiger partial charge in [-0.05, 0) is 44.5 Å². The fourth-order valence-corrected chi connectivity index (χ4v) is 5.27. The Hall–Kier alpha value is -2.81. The monoisotopic (exact) mass is 406 g/mol. The molecular formula is C24H23O4P. The van der Waals surface area contributed by atoms with Crippen molar-refractivity contribution in [2.24, 2.45) is 0 Å². The summed E-state index contributed by atoms with van der Waals surface area (Å²) >= 11 is 0. The second-order valence-corrected chi connectivity index (χ2v) is 9.06. The van der Waals surface area contributed by atoms with E-state index in [4.69, 9.17) is 9.05 Å². The second-order valence-electron chi connectivity index (χ2n) is 7.14. The lowest BCUT2D eigenvalue weighted by atomic mass is 9.93. The fourth-order valence-electron chi connectivity index (χ4n) is 3.48. The van der Waals surface area contributed by atoms with Crippen LogP contribution in [-0.4, -0.2) is 11.7 Å². The van der Waals surface area contributed by atoms with Crippen molar-refractivity contribution < 1.29 is 18.7 Å². The van der Waals surface area contributed by atoms with E-state index in [1.54, 1.807) is 19.1 Å². The molecule has 0 radical (unpaired) electrons. The minimum atomic E-state index is -3.59. The van der Waals surface area contributed by atoms with Crippen LogP contribution in [0.5, 0.6) is 5.75 Å². The van der Waals surface area contributed by atoms with E-state index in [1.807, 2.05) is 62.4 Å². The number of phenolic OH excluding ortho intramolecular Hbond substituents is 1. The summed E-state index contributed by atoms with van der Waals surface area (Å²) in [6.45, 7) is 6.07. The molecule has 4 nitrogen and oxygen atoms in total. The first-order valence-corrected chi connectivity index (χ1v) is 11.1. The predicted molar refractivity (Wildman–Crippen MR) is 116 cm³/mol. The molecule has 3 aromatic rings. The molecule has 1 atom stereocenters. The summed E-state index contributed by atoms with van der Waals surface area (Å²) in [7, 11) is -3.59. The molecule has 1 heterocycles. The van der Waals surface area contributed by atoms with Crippen molar-refractivity contribution in [1.29, 1.82) is 0 Å². The van der Waals surface area contributed by atoms with Crippen LogP contribution in [0.15, 0.2) is 66.7 Å². The van der Waals surface area contributed by atoms with Crippen molar-refractivity contribution >= 4 is 24.2 Å². The van der Waals surface area contributed by atoms with Gasteiger partial charge >= 0.3 is 7.60 Å². The molecule has 1 aliphatic rings. The molecule has 5 heteroatoms. The molecule has 0 spiro atoms. The van der Waals surface area contributed by atoms with Gasteiger partial charge in [0.25, 0.3) is 0 Å². The van der Waals surface area contributed by atoms with E-state index in [2.05, 4.69) is 0 Å². The molecule has 1 aliphatic heterocycles. The van der Waals surface area contributed by atoms with Gasteiger partial charge in [-0.1, -0.05) is 59.7 Å². The van der Waals surface area contributed by atoms with Crippen molar-refractivity contribution in [2.75, 3.05) is 6.61 Å². The highest BCUT2D eigenvalue weighted by Crippen LogP contribution is 2.57. The van der Waals surface area contributed by atoms with Crippen LogP contribution >= 0.6 is 7.60 Å². The van der Waals surface area contributed by atoms with Gasteiger partial charge < -0.3 is 9.63 Å². The van der Waals surface area contributed by atoms with Crippen molar-refractivity contribution in [1.82, 2.24) is 0 Å². The van der Waals surface area contributed by atoms with Gasteiger partial charge in [-0.2, -0.15) is 0 Å². The smallest absolute Gasteiger partial charge is 0.411 e. The maximum absolute atomic E-state index is 13.7. The Balaban J connectivity index is 2.06. The second kappa shape index (κ2) is 7.55. The summed E-state index contributed by atoms with van der Waals surface area (Å²) in [6, 6.07) is 20.7. The molecule has 0 saturated carbocycles. The minimum absolute atomic E-state index is 0.0987. The number of hydrogen-bond donors (Lipinski definition) is 1. The first-order chi connectivity index (χ1) is 13.9. The molecule has 29 heavy (non-hydrogen) atoms. The van der Waals surface area contributed by atoms with E-state index in [1.165, 1.54) is 6.07 Å². The van der Waals surface area contributed by atoms with E-state index >= 15 is 0 Å². The third-order valence-corrected chi connectivity index (χ3v) is 6.94. The van der Waals surface area contributed by atoms with Crippen LogP contribution in [0.4, 0.5) is 0 Å². The molecule has 0 amide bonds. The van der Waals surface area contributed by atoms with Crippen molar-refractivity contribution in [3.63, 3.8) is 0 Å². The molecule has 0 aliphatic carbocycles. The molecule has 1 unspecified atom stereocenters. The van der Waals surface area contributed by atoms with Gasteiger partial charge in [-0.25, -0.2) is 4.57 Å². The summed E-state index contributed by atoms with van der Waals surface area (Å²) in [6.07, 6.45) is 0. The summed E-state index contributed by atoms with van der Waals surface area (Å²) in [5, 5.41) is 10.7. The lowest BCUT2D eigenvalue weighted by molar-refractivity contribution is 0.279. The topological polar surface area (TPSA) is 55.8 Å². The lowest BCUT2D eigenvalue weighted by Gasteiger charge is -2.30. The van der Waals surface area contributed by atoms with E-state index in [9.17, 15) is 9.67 Å². The first-order valence-electron chi connectivity index (χ1n) is 9.58. The summed E-state index contributed by atoms with van der Waals surface area (Å²) < 4.78 is 25.5. The average molecular weight is 406 g/mol. The predicted octanol–water partition coefficient (Wildman–Crippen LogP) is 5.81. The third-order valence-electron chi connectivity index (χ3n) is 4.94. The highest BCUT2D eigenvalue weighted by Gasteiger charge is 2.39. The Morgan fingerprint density at radius 2 is 1.48 bits per heavy atom. The Bertz CT molecular complexity index is 1130. The molecular weight excluding hydrogens is 383 g/mol. The Morgan fingerprint density at radius 1 is 0.897 bits per heavy atom. The number of rotatable bonds is 4. The van der Waals surface area contributed by atoms with Crippen molar-refractivity contribution in [2.45, 2.75) is 20.8 Å². The summed E-state index contributed by atoms with van der Waals surface area (Å²) in [4.78, 5) is 0. The maximum Gasteiger partial charge on any atom is 0.411 e. The van der Waals surface area contributed by atoms with Crippen molar-refractivity contribution in [3.8, 4) is 5.75 Å². The largest absolute Gasteiger partial charge is 0.508 e. The minimum Gasteiger partial charge on any atom is -0.508 e. The lowest BCUT2D eigenvalue weighted by Crippen LogP contribution is -2.20. The van der Waals surface area contributed by atoms with Crippen LogP contribution in [-0.2, 0) is 13.6 Å². The van der Waals surface area contributed by atoms with Crippen LogP contribution in [0.25, 0.3) is 11.3 Å². The normalized spacial score (nSPS) is 18.3. The van der Waals surface area contributed by atoms with E-state index in [0.29, 0.717) is 16.6 Å². The van der Waals surface area contributed by atoms with Gasteiger partial charge in [-0.3, -0.25) is 4.52 Å². The number of aryl methyl sites for hydroxylation is 2. The molecule has 4 rings (SSSR count). The molecule has 0 fully saturated rings. The van der Waals surface area contributed by atoms with Gasteiger partial charge in [0.2, 0.25) is 0 Å². The zero-order valence-corrected chi connectivity index (χ0v) is 17.6. The van der Waals surface area contributed by atoms with Crippen LogP contribution in [0.1, 0.15) is 34.7 Å². The van der Waals surface area contributed by atoms with Gasteiger partial charge in [0.15, 0.2) is 0 Å². The zero-order chi connectivity index (χ0) is 20.6. The fraction of sp³-hybridized carbons (Fsp3) is 0.167. The highest BCUT2D eigenvalue weighted by atomic mass is 31.2. The van der Waals surface area contributed by atoms with Crippen LogP contribution in [0.3, 0.4) is 0 Å². The standard InChI is InChI=1S/C24H23O4P/c1-4-27-29(26)22-14-13-20(25)15-21(22)23(18-9-5-16(2)6-10-18)24(28-29)19-11-7-17(3)8-12-19/h5-15,25H,4H2,1-3H3. The van der Waals surface area contributed by atoms with Crippen molar-refractivity contribution in [3.05, 3.63) is 94.5 Å². The number of aromatic hydroxyl groups is 1. The molecule has 0 aromatic heterocycles. The Kier molecular flexibility index (Phi) is 5.08. The summed E-state index contributed by atoms with van der Waals surface area (Å²) in [5.41, 5.74) is 5.42. The molecule has 3 aromatic carbocycles. The maximum atomic E-state index is 13.7. The molecule has 0 saturated heterocycles. The van der Waals surface area contributed by atoms with Crippen LogP contribution < -0.4 is 5.30 Å². The highest BCUT2D eigenvalue weighted by molar-refractivity contribution is 7.62. The molecule has 1 N–H and O–H groups in total. The molecule has 148 valence electrons. The SMILES string of the molecule is CCOP1(=O)OC(c2ccc(C)cc2)=C(c2ccc(C)cc2)c2cc(O)ccc21. The first kappa shape index (κ1) is 19.5. The number of benzene rings is 3. The number of fused-ring (bicyclic) bond motifs is 1. The van der Waals surface area contributed by atoms with Crippen LogP contribution in [0.2, 0.25) is 0 Å². The van der Waals surface area contributed by atoms with Gasteiger partial charge in [0.1, 0.15) is 11.5 Å². The zero-order valence-electron chi connectivity index (χ0n) is 16.7. The Morgan fingerprint density at radius 3 is 2.07 bits per heavy atom. The number of hydrogen-bond acceptors (Lipinski definition) is 4. The third kappa shape index (κ3) is 3.62. The average Bonchev–Trinajstić information content (AvgIpc) is 2.69. The Labute approximate surface area is 171 Å². The van der Waals surface area contributed by atoms with E-state index in [-0.39, 0.29) is 12.4 Å². The van der Waals surface area contributed by atoms with E-state index < -0.39 is 7.60 Å². The van der Waals surface area contributed by atoms with E-state index in [0.717, 1.165) is 27.8 Å². The summed E-state index contributed by atoms with van der Waals surface area (Å²) in [5.74, 6) is 0.588.